The van der Waals surface area contributed by atoms with Gasteiger partial charge >= 0.3 is 0 Å². The smallest absolute Gasteiger partial charge is 0.274 e. The lowest BCUT2D eigenvalue weighted by Gasteiger charge is -2.13. The van der Waals surface area contributed by atoms with E-state index in [1.54, 1.807) is 30.5 Å². The fourth-order valence-corrected chi connectivity index (χ4v) is 2.78. The first-order valence-electron chi connectivity index (χ1n) is 8.80. The maximum Gasteiger partial charge on any atom is 0.274 e. The fraction of sp³-hybridized carbons (Fsp3) is 0.143. The zero-order chi connectivity index (χ0) is 19.5. The normalized spacial score (nSPS) is 11.8. The third-order valence-electron chi connectivity index (χ3n) is 4.30. The summed E-state index contributed by atoms with van der Waals surface area (Å²) in [7, 11) is 4.00. The van der Waals surface area contributed by atoms with Gasteiger partial charge < -0.3 is 25.0 Å². The van der Waals surface area contributed by atoms with Crippen molar-refractivity contribution >= 4 is 28.7 Å². The van der Waals surface area contributed by atoms with E-state index in [1.165, 1.54) is 0 Å². The van der Waals surface area contributed by atoms with Crippen molar-refractivity contribution in [3.8, 4) is 11.5 Å². The molecule has 1 aromatic heterocycles. The Kier molecular flexibility index (Phi) is 4.72. The topological polar surface area (TPSA) is 75.7 Å². The summed E-state index contributed by atoms with van der Waals surface area (Å²) >= 11 is 0. The van der Waals surface area contributed by atoms with Crippen molar-refractivity contribution in [3.63, 3.8) is 0 Å². The Hall–Kier alpha value is -3.74. The molecule has 4 rings (SSSR count). The van der Waals surface area contributed by atoms with Crippen molar-refractivity contribution in [2.75, 3.05) is 36.4 Å². The van der Waals surface area contributed by atoms with E-state index >= 15 is 0 Å². The van der Waals surface area contributed by atoms with Gasteiger partial charge in [0.05, 0.1) is 11.9 Å². The van der Waals surface area contributed by atoms with Gasteiger partial charge in [-0.3, -0.25) is 4.79 Å². The van der Waals surface area contributed by atoms with Gasteiger partial charge in [-0.25, -0.2) is 4.98 Å². The van der Waals surface area contributed by atoms with Crippen molar-refractivity contribution in [2.45, 2.75) is 0 Å². The molecule has 0 saturated heterocycles. The highest BCUT2D eigenvalue weighted by Crippen LogP contribution is 2.34. The van der Waals surface area contributed by atoms with Crippen molar-refractivity contribution in [1.29, 1.82) is 0 Å². The van der Waals surface area contributed by atoms with Gasteiger partial charge in [0.15, 0.2) is 11.5 Å². The van der Waals surface area contributed by atoms with Gasteiger partial charge in [0, 0.05) is 37.2 Å². The zero-order valence-electron chi connectivity index (χ0n) is 15.6. The number of aromatic nitrogens is 1. The van der Waals surface area contributed by atoms with Crippen LogP contribution in [-0.2, 0) is 0 Å². The first-order valence-corrected chi connectivity index (χ1v) is 8.80. The number of nitrogens with zero attached hydrogens (tertiary/aromatic N) is 2. The quantitative estimate of drug-likeness (QED) is 0.704. The Balaban J connectivity index is 1.40. The predicted molar refractivity (Wildman–Crippen MR) is 109 cm³/mol. The molecule has 1 amide bonds. The molecule has 0 bridgehead atoms. The molecule has 28 heavy (non-hydrogen) atoms. The van der Waals surface area contributed by atoms with Crippen LogP contribution >= 0.6 is 0 Å². The van der Waals surface area contributed by atoms with E-state index in [0.29, 0.717) is 22.9 Å². The largest absolute Gasteiger partial charge is 0.454 e. The Morgan fingerprint density at radius 2 is 1.64 bits per heavy atom. The number of ether oxygens (including phenoxy) is 2. The summed E-state index contributed by atoms with van der Waals surface area (Å²) in [6, 6.07) is 16.8. The average Bonchev–Trinajstić information content (AvgIpc) is 3.17. The minimum atomic E-state index is -0.291. The molecule has 0 spiro atoms. The lowest BCUT2D eigenvalue weighted by molar-refractivity contribution is 0.102. The summed E-state index contributed by atoms with van der Waals surface area (Å²) in [5.41, 5.74) is 3.83. The minimum absolute atomic E-state index is 0.195. The molecular formula is C21H20N4O3. The molecule has 0 unspecified atom stereocenters. The lowest BCUT2D eigenvalue weighted by atomic mass is 10.2. The van der Waals surface area contributed by atoms with Crippen LogP contribution in [-0.4, -0.2) is 31.8 Å². The van der Waals surface area contributed by atoms with Crippen LogP contribution in [0.4, 0.5) is 22.7 Å². The first kappa shape index (κ1) is 17.7. The summed E-state index contributed by atoms with van der Waals surface area (Å²) in [6.45, 7) is 0.195. The molecule has 7 nitrogen and oxygen atoms in total. The lowest BCUT2D eigenvalue weighted by Crippen LogP contribution is -2.13. The summed E-state index contributed by atoms with van der Waals surface area (Å²) < 4.78 is 10.6. The molecule has 0 radical (unpaired) electrons. The molecule has 0 saturated carbocycles. The highest BCUT2D eigenvalue weighted by Gasteiger charge is 2.15. The van der Waals surface area contributed by atoms with E-state index < -0.39 is 0 Å². The SMILES string of the molecule is CN(C)c1ccc(Nc2ccc(C(=O)Nc3ccc4c(c3)OCO4)nc2)cc1. The highest BCUT2D eigenvalue weighted by atomic mass is 16.7. The van der Waals surface area contributed by atoms with Gasteiger partial charge in [-0.1, -0.05) is 0 Å². The van der Waals surface area contributed by atoms with Crippen molar-refractivity contribution < 1.29 is 14.3 Å². The van der Waals surface area contributed by atoms with Crippen LogP contribution in [0.2, 0.25) is 0 Å². The monoisotopic (exact) mass is 376 g/mol. The van der Waals surface area contributed by atoms with Crippen LogP contribution in [0.15, 0.2) is 60.8 Å². The van der Waals surface area contributed by atoms with Gasteiger partial charge in [0.1, 0.15) is 5.69 Å². The second-order valence-corrected chi connectivity index (χ2v) is 6.52. The number of hydrogen-bond donors (Lipinski definition) is 2. The van der Waals surface area contributed by atoms with Gasteiger partial charge in [-0.05, 0) is 48.5 Å². The van der Waals surface area contributed by atoms with Gasteiger partial charge in [0.25, 0.3) is 5.91 Å². The molecule has 1 aliphatic heterocycles. The number of rotatable bonds is 5. The molecular weight excluding hydrogens is 356 g/mol. The second kappa shape index (κ2) is 7.48. The van der Waals surface area contributed by atoms with E-state index in [9.17, 15) is 4.79 Å². The van der Waals surface area contributed by atoms with Crippen LogP contribution in [0.25, 0.3) is 0 Å². The second-order valence-electron chi connectivity index (χ2n) is 6.52. The molecule has 7 heteroatoms. The molecule has 2 aromatic carbocycles. The molecule has 0 fully saturated rings. The standard InChI is InChI=1S/C21H20N4O3/c1-25(2)17-7-3-14(4-8-17)23-16-5-9-18(22-12-16)21(26)24-15-6-10-19-20(11-15)28-13-27-19/h3-12,23H,13H2,1-2H3,(H,24,26). The number of fused-ring (bicyclic) bond motifs is 1. The molecule has 1 aliphatic rings. The summed E-state index contributed by atoms with van der Waals surface area (Å²) in [5, 5.41) is 6.08. The van der Waals surface area contributed by atoms with Crippen LogP contribution in [0.5, 0.6) is 11.5 Å². The Morgan fingerprint density at radius 3 is 2.36 bits per heavy atom. The van der Waals surface area contributed by atoms with Crippen molar-refractivity contribution in [3.05, 3.63) is 66.5 Å². The Labute approximate surface area is 162 Å². The Bertz CT molecular complexity index is 986. The molecule has 3 aromatic rings. The van der Waals surface area contributed by atoms with E-state index in [2.05, 4.69) is 15.6 Å². The number of benzene rings is 2. The van der Waals surface area contributed by atoms with Crippen molar-refractivity contribution in [1.82, 2.24) is 4.98 Å². The first-order chi connectivity index (χ1) is 13.6. The molecule has 0 atom stereocenters. The van der Waals surface area contributed by atoms with Crippen LogP contribution in [0, 0.1) is 0 Å². The summed E-state index contributed by atoms with van der Waals surface area (Å²) in [4.78, 5) is 18.7. The fourth-order valence-electron chi connectivity index (χ4n) is 2.78. The highest BCUT2D eigenvalue weighted by molar-refractivity contribution is 6.03. The van der Waals surface area contributed by atoms with Gasteiger partial charge in [-0.2, -0.15) is 0 Å². The average molecular weight is 376 g/mol. The zero-order valence-corrected chi connectivity index (χ0v) is 15.6. The van der Waals surface area contributed by atoms with Gasteiger partial charge in [-0.15, -0.1) is 0 Å². The number of carbonyl (C=O) groups excluding carboxylic acids is 1. The summed E-state index contributed by atoms with van der Waals surface area (Å²) in [6.07, 6.45) is 1.63. The van der Waals surface area contributed by atoms with Crippen molar-refractivity contribution in [2.24, 2.45) is 0 Å². The number of carbonyl (C=O) groups is 1. The molecule has 0 aliphatic carbocycles. The van der Waals surface area contributed by atoms with E-state index in [1.807, 2.05) is 49.3 Å². The number of anilines is 4. The van der Waals surface area contributed by atoms with E-state index in [-0.39, 0.29) is 12.7 Å². The summed E-state index contributed by atoms with van der Waals surface area (Å²) in [5.74, 6) is 0.997. The number of pyridine rings is 1. The van der Waals surface area contributed by atoms with Crippen LogP contribution < -0.4 is 25.0 Å². The maximum atomic E-state index is 12.4. The third-order valence-corrected chi connectivity index (χ3v) is 4.30. The molecule has 2 N–H and O–H groups in total. The predicted octanol–water partition coefficient (Wildman–Crippen LogP) is 3.87. The maximum absolute atomic E-state index is 12.4. The van der Waals surface area contributed by atoms with Gasteiger partial charge in [0.2, 0.25) is 6.79 Å². The molecule has 2 heterocycles. The van der Waals surface area contributed by atoms with Crippen LogP contribution in [0.1, 0.15) is 10.5 Å². The minimum Gasteiger partial charge on any atom is -0.454 e. The number of amides is 1. The Morgan fingerprint density at radius 1 is 0.929 bits per heavy atom. The molecule has 142 valence electrons. The number of nitrogens with one attached hydrogen (secondary N) is 2. The van der Waals surface area contributed by atoms with Crippen LogP contribution in [0.3, 0.4) is 0 Å². The van der Waals surface area contributed by atoms with E-state index in [0.717, 1.165) is 17.1 Å². The van der Waals surface area contributed by atoms with E-state index in [4.69, 9.17) is 9.47 Å². The third kappa shape index (κ3) is 3.83. The number of hydrogen-bond acceptors (Lipinski definition) is 6.